The van der Waals surface area contributed by atoms with E-state index in [4.69, 9.17) is 16.9 Å². The average molecular weight is 265 g/mol. The Kier molecular flexibility index (Phi) is 4.05. The van der Waals surface area contributed by atoms with Crippen molar-refractivity contribution in [2.24, 2.45) is 0 Å². The van der Waals surface area contributed by atoms with Crippen LogP contribution in [0.1, 0.15) is 25.3 Å². The Morgan fingerprint density at radius 2 is 2.39 bits per heavy atom. The van der Waals surface area contributed by atoms with E-state index >= 15 is 0 Å². The normalized spacial score (nSPS) is 24.6. The molecule has 1 aliphatic heterocycles. The minimum atomic E-state index is 0.371. The molecule has 0 bridgehead atoms. The number of aromatic nitrogens is 1. The number of pyridine rings is 1. The number of nitrogens with zero attached hydrogens (tertiary/aromatic N) is 3. The molecule has 0 radical (unpaired) electrons. The second kappa shape index (κ2) is 5.55. The lowest BCUT2D eigenvalue weighted by Crippen LogP contribution is -2.42. The number of nitrogens with one attached hydrogen (secondary N) is 1. The first kappa shape index (κ1) is 13.1. The number of nitriles is 1. The molecule has 0 amide bonds. The highest BCUT2D eigenvalue weighted by molar-refractivity contribution is 6.34. The van der Waals surface area contributed by atoms with Crippen LogP contribution in [0.15, 0.2) is 12.3 Å². The maximum atomic E-state index is 8.93. The first-order valence-electron chi connectivity index (χ1n) is 6.13. The van der Waals surface area contributed by atoms with Gasteiger partial charge in [0, 0.05) is 24.8 Å². The fraction of sp³-hybridized carbons (Fsp3) is 0.538. The van der Waals surface area contributed by atoms with Crippen LogP contribution in [0.2, 0.25) is 5.02 Å². The van der Waals surface area contributed by atoms with E-state index in [1.807, 2.05) is 0 Å². The lowest BCUT2D eigenvalue weighted by Gasteiger charge is -2.35. The summed E-state index contributed by atoms with van der Waals surface area (Å²) in [5.41, 5.74) is 0.468. The quantitative estimate of drug-likeness (QED) is 0.892. The first-order valence-corrected chi connectivity index (χ1v) is 6.51. The van der Waals surface area contributed by atoms with Crippen molar-refractivity contribution in [3.8, 4) is 6.07 Å². The van der Waals surface area contributed by atoms with Gasteiger partial charge in [0.2, 0.25) is 0 Å². The molecule has 4 nitrogen and oxygen atoms in total. The first-order chi connectivity index (χ1) is 8.61. The van der Waals surface area contributed by atoms with E-state index in [1.54, 1.807) is 12.3 Å². The van der Waals surface area contributed by atoms with Crippen LogP contribution in [0.5, 0.6) is 0 Å². The minimum absolute atomic E-state index is 0.371. The van der Waals surface area contributed by atoms with Crippen molar-refractivity contribution in [3.63, 3.8) is 0 Å². The Labute approximate surface area is 113 Å². The lowest BCUT2D eigenvalue weighted by atomic mass is 9.99. The fourth-order valence-electron chi connectivity index (χ4n) is 2.24. The summed E-state index contributed by atoms with van der Waals surface area (Å²) >= 11 is 6.14. The summed E-state index contributed by atoms with van der Waals surface area (Å²) in [4.78, 5) is 6.56. The number of hydrogen-bond acceptors (Lipinski definition) is 4. The smallest absolute Gasteiger partial charge is 0.146 e. The number of rotatable bonds is 2. The van der Waals surface area contributed by atoms with Gasteiger partial charge >= 0.3 is 0 Å². The van der Waals surface area contributed by atoms with Crippen LogP contribution in [0.25, 0.3) is 0 Å². The van der Waals surface area contributed by atoms with Gasteiger partial charge in [-0.25, -0.2) is 4.98 Å². The van der Waals surface area contributed by atoms with Crippen LogP contribution in [0, 0.1) is 11.3 Å². The SMILES string of the molecule is CC1CC(Nc2nccc(C#N)c2Cl)CCN1C. The van der Waals surface area contributed by atoms with E-state index in [0.29, 0.717) is 28.5 Å². The maximum Gasteiger partial charge on any atom is 0.146 e. The van der Waals surface area contributed by atoms with Crippen molar-refractivity contribution in [3.05, 3.63) is 22.8 Å². The van der Waals surface area contributed by atoms with E-state index in [0.717, 1.165) is 19.4 Å². The Bertz CT molecular complexity index is 469. The van der Waals surface area contributed by atoms with Crippen molar-refractivity contribution >= 4 is 17.4 Å². The number of halogens is 1. The third-order valence-electron chi connectivity index (χ3n) is 3.56. The van der Waals surface area contributed by atoms with Gasteiger partial charge in [-0.05, 0) is 32.9 Å². The summed E-state index contributed by atoms with van der Waals surface area (Å²) in [6.45, 7) is 3.28. The van der Waals surface area contributed by atoms with E-state index < -0.39 is 0 Å². The van der Waals surface area contributed by atoms with Gasteiger partial charge in [0.1, 0.15) is 16.9 Å². The van der Waals surface area contributed by atoms with Crippen LogP contribution in [-0.2, 0) is 0 Å². The van der Waals surface area contributed by atoms with Crippen LogP contribution < -0.4 is 5.32 Å². The summed E-state index contributed by atoms with van der Waals surface area (Å²) in [5.74, 6) is 0.623. The average Bonchev–Trinajstić information content (AvgIpc) is 2.36. The molecule has 18 heavy (non-hydrogen) atoms. The molecule has 1 aromatic heterocycles. The zero-order valence-corrected chi connectivity index (χ0v) is 11.4. The van der Waals surface area contributed by atoms with Crippen molar-refractivity contribution < 1.29 is 0 Å². The molecule has 1 saturated heterocycles. The molecular formula is C13H17ClN4. The highest BCUT2D eigenvalue weighted by Crippen LogP contribution is 2.26. The second-order valence-electron chi connectivity index (χ2n) is 4.83. The summed E-state index contributed by atoms with van der Waals surface area (Å²) in [7, 11) is 2.14. The van der Waals surface area contributed by atoms with Crippen LogP contribution in [-0.4, -0.2) is 35.6 Å². The molecule has 0 saturated carbocycles. The summed E-state index contributed by atoms with van der Waals surface area (Å²) < 4.78 is 0. The van der Waals surface area contributed by atoms with Gasteiger partial charge in [-0.15, -0.1) is 0 Å². The minimum Gasteiger partial charge on any atom is -0.366 e. The largest absolute Gasteiger partial charge is 0.366 e. The molecule has 1 N–H and O–H groups in total. The predicted molar refractivity (Wildman–Crippen MR) is 72.7 cm³/mol. The molecule has 1 fully saturated rings. The second-order valence-corrected chi connectivity index (χ2v) is 5.21. The Balaban J connectivity index is 2.09. The van der Waals surface area contributed by atoms with E-state index in [-0.39, 0.29) is 0 Å². The topological polar surface area (TPSA) is 52.0 Å². The molecule has 5 heteroatoms. The lowest BCUT2D eigenvalue weighted by molar-refractivity contribution is 0.190. The highest BCUT2D eigenvalue weighted by atomic mass is 35.5. The third kappa shape index (κ3) is 2.74. The predicted octanol–water partition coefficient (Wildman–Crippen LogP) is 2.50. The Morgan fingerprint density at radius 1 is 1.61 bits per heavy atom. The number of likely N-dealkylation sites (tertiary alicyclic amines) is 1. The van der Waals surface area contributed by atoms with Crippen molar-refractivity contribution in [2.75, 3.05) is 18.9 Å². The Morgan fingerprint density at radius 3 is 3.06 bits per heavy atom. The van der Waals surface area contributed by atoms with Crippen LogP contribution >= 0.6 is 11.6 Å². The number of piperidine rings is 1. The fourth-order valence-corrected chi connectivity index (χ4v) is 2.45. The molecule has 96 valence electrons. The van der Waals surface area contributed by atoms with Gasteiger partial charge in [-0.2, -0.15) is 5.26 Å². The van der Waals surface area contributed by atoms with Crippen molar-refractivity contribution in [2.45, 2.75) is 31.8 Å². The summed E-state index contributed by atoms with van der Waals surface area (Å²) in [6, 6.07) is 4.62. The van der Waals surface area contributed by atoms with E-state index in [9.17, 15) is 0 Å². The summed E-state index contributed by atoms with van der Waals surface area (Å²) in [6.07, 6.45) is 3.74. The Hall–Kier alpha value is -1.31. The zero-order chi connectivity index (χ0) is 13.1. The maximum absolute atomic E-state index is 8.93. The van der Waals surface area contributed by atoms with E-state index in [2.05, 4.69) is 35.2 Å². The highest BCUT2D eigenvalue weighted by Gasteiger charge is 2.23. The van der Waals surface area contributed by atoms with E-state index in [1.165, 1.54) is 0 Å². The molecule has 2 rings (SSSR count). The van der Waals surface area contributed by atoms with Crippen molar-refractivity contribution in [1.82, 2.24) is 9.88 Å². The van der Waals surface area contributed by atoms with Crippen molar-refractivity contribution in [1.29, 1.82) is 5.26 Å². The van der Waals surface area contributed by atoms with Gasteiger partial charge in [-0.1, -0.05) is 11.6 Å². The molecule has 0 spiro atoms. The van der Waals surface area contributed by atoms with Gasteiger partial charge in [-0.3, -0.25) is 0 Å². The third-order valence-corrected chi connectivity index (χ3v) is 3.94. The van der Waals surface area contributed by atoms with Gasteiger partial charge in [0.25, 0.3) is 0 Å². The zero-order valence-electron chi connectivity index (χ0n) is 10.7. The summed E-state index contributed by atoms with van der Waals surface area (Å²) in [5, 5.41) is 12.7. The number of hydrogen-bond donors (Lipinski definition) is 1. The van der Waals surface area contributed by atoms with Crippen LogP contribution in [0.3, 0.4) is 0 Å². The molecule has 0 aliphatic carbocycles. The monoisotopic (exact) mass is 264 g/mol. The van der Waals surface area contributed by atoms with Gasteiger partial charge < -0.3 is 10.2 Å². The number of anilines is 1. The molecule has 0 aromatic carbocycles. The standard InChI is InChI=1S/C13H17ClN4/c1-9-7-11(4-6-18(9)2)17-13-12(14)10(8-15)3-5-16-13/h3,5,9,11H,4,6-7H2,1-2H3,(H,16,17). The molecule has 2 heterocycles. The molecule has 2 unspecified atom stereocenters. The molecule has 2 atom stereocenters. The van der Waals surface area contributed by atoms with Gasteiger partial charge in [0.05, 0.1) is 5.56 Å². The van der Waals surface area contributed by atoms with Gasteiger partial charge in [0.15, 0.2) is 0 Å². The molecule has 1 aliphatic rings. The molecule has 1 aromatic rings. The molecular weight excluding hydrogens is 248 g/mol. The van der Waals surface area contributed by atoms with Crippen LogP contribution in [0.4, 0.5) is 5.82 Å².